The summed E-state index contributed by atoms with van der Waals surface area (Å²) in [5.74, 6) is 0. The Morgan fingerprint density at radius 3 is 2.37 bits per heavy atom. The molecule has 2 saturated heterocycles. The van der Waals surface area contributed by atoms with Crippen molar-refractivity contribution >= 4 is 15.6 Å². The lowest BCUT2D eigenvalue weighted by atomic mass is 10.0. The van der Waals surface area contributed by atoms with Crippen LogP contribution in [0.3, 0.4) is 0 Å². The number of H-pyrrole nitrogens is 1. The molecule has 0 aromatic carbocycles. The summed E-state index contributed by atoms with van der Waals surface area (Å²) in [7, 11) is -10.9. The molecule has 0 saturated carbocycles. The van der Waals surface area contributed by atoms with Crippen LogP contribution in [0, 0.1) is 0 Å². The molecule has 1 aromatic heterocycles. The normalized spacial score (nSPS) is 37.0. The van der Waals surface area contributed by atoms with Gasteiger partial charge in [0.2, 0.25) is 0 Å². The molecule has 2 fully saturated rings. The minimum Gasteiger partial charge on any atom is -0.394 e. The molecule has 0 spiro atoms. The number of hydrogen-bond donors (Lipinski definition) is 8. The van der Waals surface area contributed by atoms with E-state index in [1.807, 2.05) is 4.98 Å². The number of aliphatic hydroxyl groups excluding tert-OH is 5. The van der Waals surface area contributed by atoms with Crippen molar-refractivity contribution in [3.8, 4) is 0 Å². The van der Waals surface area contributed by atoms with Crippen LogP contribution in [0.2, 0.25) is 0 Å². The van der Waals surface area contributed by atoms with Crippen LogP contribution in [0.15, 0.2) is 21.9 Å². The third-order valence-electron chi connectivity index (χ3n) is 5.02. The van der Waals surface area contributed by atoms with Gasteiger partial charge in [-0.15, -0.1) is 0 Å². The van der Waals surface area contributed by atoms with Gasteiger partial charge in [0.1, 0.15) is 24.4 Å². The minimum absolute atomic E-state index is 0.225. The van der Waals surface area contributed by atoms with Gasteiger partial charge < -0.3 is 44.8 Å². The fourth-order valence-corrected chi connectivity index (χ4v) is 5.48. The molecule has 35 heavy (non-hydrogen) atoms. The van der Waals surface area contributed by atoms with Crippen LogP contribution in [0.4, 0.5) is 0 Å². The Hall–Kier alpha value is -1.34. The van der Waals surface area contributed by atoms with Gasteiger partial charge in [-0.2, -0.15) is 4.31 Å². The smallest absolute Gasteiger partial charge is 0.394 e. The van der Waals surface area contributed by atoms with Crippen LogP contribution in [-0.4, -0.2) is 101 Å². The molecule has 10 atom stereocenters. The molecule has 0 bridgehead atoms. The highest BCUT2D eigenvalue weighted by atomic mass is 31.3. The van der Waals surface area contributed by atoms with Crippen LogP contribution >= 0.6 is 15.6 Å². The van der Waals surface area contributed by atoms with E-state index in [2.05, 4.69) is 13.4 Å². The second-order valence-corrected chi connectivity index (χ2v) is 10.6. The molecule has 1 aromatic rings. The van der Waals surface area contributed by atoms with E-state index in [9.17, 15) is 48.9 Å². The third-order valence-corrected chi connectivity index (χ3v) is 7.62. The Labute approximate surface area is 195 Å². The van der Waals surface area contributed by atoms with Crippen molar-refractivity contribution in [3.63, 3.8) is 0 Å². The Morgan fingerprint density at radius 2 is 1.74 bits per heavy atom. The van der Waals surface area contributed by atoms with Gasteiger partial charge in [-0.05, 0) is 0 Å². The molecule has 3 rings (SSSR count). The highest BCUT2D eigenvalue weighted by Gasteiger charge is 2.47. The second-order valence-electron chi connectivity index (χ2n) is 7.59. The number of aliphatic hydroxyl groups is 5. The fraction of sp³-hybridized carbons (Fsp3) is 0.733. The molecule has 18 nitrogen and oxygen atoms in total. The zero-order chi connectivity index (χ0) is 26.1. The van der Waals surface area contributed by atoms with Crippen LogP contribution in [0.1, 0.15) is 12.6 Å². The number of aromatic nitrogens is 2. The largest absolute Gasteiger partial charge is 0.483 e. The van der Waals surface area contributed by atoms with E-state index in [-0.39, 0.29) is 6.42 Å². The summed E-state index contributed by atoms with van der Waals surface area (Å²) >= 11 is 0. The van der Waals surface area contributed by atoms with Crippen molar-refractivity contribution in [1.82, 2.24) is 9.55 Å². The average Bonchev–Trinajstić information content (AvgIpc) is 3.03. The van der Waals surface area contributed by atoms with Crippen LogP contribution in [-0.2, 0) is 32.0 Å². The van der Waals surface area contributed by atoms with Gasteiger partial charge in [-0.25, -0.2) is 13.9 Å². The molecule has 0 aliphatic carbocycles. The van der Waals surface area contributed by atoms with E-state index < -0.39 is 89.2 Å². The van der Waals surface area contributed by atoms with Crippen molar-refractivity contribution in [2.75, 3.05) is 13.2 Å². The molecular formula is C15H24N2O16P2. The molecule has 8 N–H and O–H groups in total. The zero-order valence-electron chi connectivity index (χ0n) is 17.5. The quantitative estimate of drug-likeness (QED) is 0.137. The van der Waals surface area contributed by atoms with Gasteiger partial charge >= 0.3 is 21.3 Å². The number of ether oxygens (including phenoxy) is 2. The van der Waals surface area contributed by atoms with Crippen LogP contribution in [0.5, 0.6) is 0 Å². The highest BCUT2D eigenvalue weighted by molar-refractivity contribution is 7.61. The molecule has 20 heteroatoms. The van der Waals surface area contributed by atoms with Crippen molar-refractivity contribution in [3.05, 3.63) is 33.1 Å². The van der Waals surface area contributed by atoms with E-state index in [4.69, 9.17) is 14.6 Å². The van der Waals surface area contributed by atoms with Gasteiger partial charge in [0.05, 0.1) is 25.4 Å². The number of nitrogens with one attached hydrogen (secondary N) is 1. The lowest BCUT2D eigenvalue weighted by Crippen LogP contribution is -2.50. The van der Waals surface area contributed by atoms with Crippen molar-refractivity contribution in [2.24, 2.45) is 0 Å². The summed E-state index contributed by atoms with van der Waals surface area (Å²) in [6.07, 6.45) is -12.3. The Bertz CT molecular complexity index is 1090. The molecule has 0 radical (unpaired) electrons. The summed E-state index contributed by atoms with van der Waals surface area (Å²) < 4.78 is 48.3. The Balaban J connectivity index is 1.60. The predicted molar refractivity (Wildman–Crippen MR) is 107 cm³/mol. The maximum atomic E-state index is 12.1. The van der Waals surface area contributed by atoms with Crippen molar-refractivity contribution in [1.29, 1.82) is 0 Å². The van der Waals surface area contributed by atoms with Crippen molar-refractivity contribution < 1.29 is 67.3 Å². The lowest BCUT2D eigenvalue weighted by molar-refractivity contribution is -0.244. The summed E-state index contributed by atoms with van der Waals surface area (Å²) in [5, 5.41) is 48.9. The first-order valence-corrected chi connectivity index (χ1v) is 12.9. The first kappa shape index (κ1) is 28.2. The Morgan fingerprint density at radius 1 is 1.06 bits per heavy atom. The molecule has 3 heterocycles. The zero-order valence-corrected chi connectivity index (χ0v) is 19.3. The highest BCUT2D eigenvalue weighted by Crippen LogP contribution is 2.61. The van der Waals surface area contributed by atoms with Crippen LogP contribution < -0.4 is 11.2 Å². The topological polar surface area (TPSA) is 277 Å². The number of rotatable bonds is 9. The molecule has 2 aliphatic rings. The molecule has 200 valence electrons. The molecule has 2 aliphatic heterocycles. The van der Waals surface area contributed by atoms with Gasteiger partial charge in [0.15, 0.2) is 12.5 Å². The van der Waals surface area contributed by atoms with Crippen LogP contribution in [0.25, 0.3) is 0 Å². The summed E-state index contributed by atoms with van der Waals surface area (Å²) in [6, 6.07) is 0.941. The number of phosphoric ester groups is 2. The second kappa shape index (κ2) is 11.0. The monoisotopic (exact) mass is 550 g/mol. The predicted octanol–water partition coefficient (Wildman–Crippen LogP) is -3.76. The van der Waals surface area contributed by atoms with E-state index in [0.717, 1.165) is 16.8 Å². The number of nitrogens with zero attached hydrogens (tertiary/aromatic N) is 1. The molecular weight excluding hydrogens is 526 g/mol. The standard InChI is InChI=1S/C15H24N2O16P2/c18-4-6-3-7(19)10(21)14(30-6)32-35(27,28)33-34(25,26)29-5-8-11(22)12(23)13(31-8)17-2-1-9(20)16-15(17)24/h1-2,6-8,10-14,18-19,21-23H,3-5H2,(H,25,26)(H,27,28)(H,16,20,24)/t6-,7-,8+,10+,11+,12+,13+,14?/m0/s1. The number of aromatic amines is 1. The summed E-state index contributed by atoms with van der Waals surface area (Å²) in [4.78, 5) is 44.5. The van der Waals surface area contributed by atoms with Gasteiger partial charge in [0, 0.05) is 18.7 Å². The molecule has 0 amide bonds. The van der Waals surface area contributed by atoms with Gasteiger partial charge in [-0.3, -0.25) is 23.4 Å². The third kappa shape index (κ3) is 6.91. The maximum Gasteiger partial charge on any atom is 0.483 e. The summed E-state index contributed by atoms with van der Waals surface area (Å²) in [6.45, 7) is -1.63. The number of hydrogen-bond acceptors (Lipinski definition) is 14. The minimum atomic E-state index is -5.49. The van der Waals surface area contributed by atoms with E-state index in [1.54, 1.807) is 0 Å². The van der Waals surface area contributed by atoms with E-state index in [1.165, 1.54) is 0 Å². The van der Waals surface area contributed by atoms with E-state index in [0.29, 0.717) is 0 Å². The lowest BCUT2D eigenvalue weighted by Gasteiger charge is -2.36. The maximum absolute atomic E-state index is 12.1. The summed E-state index contributed by atoms with van der Waals surface area (Å²) in [5.41, 5.74) is -1.72. The molecule has 3 unspecified atom stereocenters. The first-order valence-electron chi connectivity index (χ1n) is 9.88. The number of phosphoric acid groups is 2. The SMILES string of the molecule is O=c1ccn([C@@H]2O[C@H](COP(=O)(O)OP(=O)(O)OC3O[C@H](CO)C[C@H](O)[C@H]3O)[C@@H](O)[C@H]2O)c(=O)[nH]1. The van der Waals surface area contributed by atoms with E-state index >= 15 is 0 Å². The first-order chi connectivity index (χ1) is 16.2. The fourth-order valence-electron chi connectivity index (χ4n) is 3.32. The van der Waals surface area contributed by atoms with Gasteiger partial charge in [0.25, 0.3) is 5.56 Å². The van der Waals surface area contributed by atoms with Gasteiger partial charge in [-0.1, -0.05) is 0 Å². The van der Waals surface area contributed by atoms with Crippen molar-refractivity contribution in [2.45, 2.75) is 55.6 Å². The average molecular weight is 550 g/mol. The Kier molecular flexibility index (Phi) is 8.84.